The molecule has 0 aliphatic heterocycles. The SMILES string of the molecule is O=C([O-])c1ccc(N=Cc2ccc(-c3cccs3)s2)cc1. The minimum atomic E-state index is -1.18. The first-order valence-electron chi connectivity index (χ1n) is 6.21. The number of aliphatic imine (C=N–C) groups is 1. The molecule has 0 aliphatic rings. The lowest BCUT2D eigenvalue weighted by Gasteiger charge is -2.01. The van der Waals surface area contributed by atoms with Crippen LogP contribution in [0.1, 0.15) is 15.2 Å². The minimum Gasteiger partial charge on any atom is -0.545 e. The number of hydrogen-bond donors (Lipinski definition) is 0. The molecule has 1 aromatic carbocycles. The van der Waals surface area contributed by atoms with Crippen molar-refractivity contribution in [1.29, 1.82) is 0 Å². The average Bonchev–Trinajstić information content (AvgIpc) is 3.16. The number of rotatable bonds is 4. The summed E-state index contributed by atoms with van der Waals surface area (Å²) in [5, 5.41) is 12.7. The van der Waals surface area contributed by atoms with Crippen molar-refractivity contribution < 1.29 is 9.90 Å². The molecule has 0 atom stereocenters. The fourth-order valence-electron chi connectivity index (χ4n) is 1.80. The molecule has 3 rings (SSSR count). The molecule has 0 unspecified atom stereocenters. The van der Waals surface area contributed by atoms with Crippen LogP contribution in [0.15, 0.2) is 58.9 Å². The van der Waals surface area contributed by atoms with Gasteiger partial charge in [0, 0.05) is 20.8 Å². The van der Waals surface area contributed by atoms with E-state index < -0.39 is 5.97 Å². The van der Waals surface area contributed by atoms with E-state index in [1.54, 1.807) is 41.0 Å². The van der Waals surface area contributed by atoms with E-state index in [1.807, 2.05) is 12.1 Å². The maximum Gasteiger partial charge on any atom is 0.0715 e. The van der Waals surface area contributed by atoms with Crippen LogP contribution in [0.5, 0.6) is 0 Å². The van der Waals surface area contributed by atoms with Gasteiger partial charge in [0.1, 0.15) is 0 Å². The second-order valence-corrected chi connectivity index (χ2v) is 6.33. The van der Waals surface area contributed by atoms with E-state index in [4.69, 9.17) is 0 Å². The predicted octanol–water partition coefficient (Wildman–Crippen LogP) is 3.59. The second-order valence-electron chi connectivity index (χ2n) is 4.27. The zero-order valence-corrected chi connectivity index (χ0v) is 12.5. The Morgan fingerprint density at radius 3 is 2.52 bits per heavy atom. The normalized spacial score (nSPS) is 11.0. The first-order chi connectivity index (χ1) is 10.2. The molecule has 0 N–H and O–H groups in total. The van der Waals surface area contributed by atoms with E-state index in [1.165, 1.54) is 21.9 Å². The Balaban J connectivity index is 1.75. The van der Waals surface area contributed by atoms with Crippen LogP contribution in [0.4, 0.5) is 5.69 Å². The number of carbonyl (C=O) groups excluding carboxylic acids is 1. The molecular formula is C16H10NO2S2-. The number of carboxylic acids is 1. The van der Waals surface area contributed by atoms with Crippen molar-refractivity contribution in [1.82, 2.24) is 0 Å². The predicted molar refractivity (Wildman–Crippen MR) is 85.7 cm³/mol. The highest BCUT2D eigenvalue weighted by atomic mass is 32.1. The third kappa shape index (κ3) is 3.26. The summed E-state index contributed by atoms with van der Waals surface area (Å²) in [6.07, 6.45) is 1.79. The van der Waals surface area contributed by atoms with Crippen molar-refractivity contribution in [3.8, 4) is 9.75 Å². The van der Waals surface area contributed by atoms with Crippen molar-refractivity contribution in [2.24, 2.45) is 4.99 Å². The van der Waals surface area contributed by atoms with Gasteiger partial charge in [0.25, 0.3) is 0 Å². The number of benzene rings is 1. The zero-order chi connectivity index (χ0) is 14.7. The van der Waals surface area contributed by atoms with Crippen molar-refractivity contribution >= 4 is 40.5 Å². The highest BCUT2D eigenvalue weighted by Gasteiger charge is 2.02. The molecule has 0 radical (unpaired) electrons. The van der Waals surface area contributed by atoms with Crippen LogP contribution < -0.4 is 5.11 Å². The Hall–Kier alpha value is -2.24. The Morgan fingerprint density at radius 2 is 1.86 bits per heavy atom. The van der Waals surface area contributed by atoms with Crippen molar-refractivity contribution in [2.45, 2.75) is 0 Å². The summed E-state index contributed by atoms with van der Waals surface area (Å²) in [5.74, 6) is -1.18. The molecule has 5 heteroatoms. The van der Waals surface area contributed by atoms with Gasteiger partial charge in [-0.1, -0.05) is 18.2 Å². The van der Waals surface area contributed by atoms with E-state index in [9.17, 15) is 9.90 Å². The molecule has 0 spiro atoms. The van der Waals surface area contributed by atoms with Crippen LogP contribution in [0.2, 0.25) is 0 Å². The molecule has 0 amide bonds. The lowest BCUT2D eigenvalue weighted by atomic mass is 10.2. The van der Waals surface area contributed by atoms with Crippen LogP contribution in [-0.4, -0.2) is 12.2 Å². The summed E-state index contributed by atoms with van der Waals surface area (Å²) in [5.41, 5.74) is 0.871. The summed E-state index contributed by atoms with van der Waals surface area (Å²) in [6, 6.07) is 14.5. The molecule has 0 bridgehead atoms. The van der Waals surface area contributed by atoms with E-state index in [2.05, 4.69) is 22.5 Å². The van der Waals surface area contributed by atoms with Crippen LogP contribution in [0.3, 0.4) is 0 Å². The van der Waals surface area contributed by atoms with Gasteiger partial charge in [-0.2, -0.15) is 0 Å². The third-order valence-electron chi connectivity index (χ3n) is 2.83. The number of carboxylic acid groups (broad SMARTS) is 1. The van der Waals surface area contributed by atoms with Gasteiger partial charge in [-0.15, -0.1) is 22.7 Å². The van der Waals surface area contributed by atoms with Gasteiger partial charge < -0.3 is 9.90 Å². The summed E-state index contributed by atoms with van der Waals surface area (Å²) >= 11 is 3.39. The fraction of sp³-hybridized carbons (Fsp3) is 0. The quantitative estimate of drug-likeness (QED) is 0.691. The standard InChI is InChI=1S/C16H11NO2S2/c18-16(19)11-3-5-12(6-4-11)17-10-13-7-8-15(21-13)14-2-1-9-20-14/h1-10H,(H,18,19)/p-1. The molecular weight excluding hydrogens is 302 g/mol. The summed E-state index contributed by atoms with van der Waals surface area (Å²) in [7, 11) is 0. The Morgan fingerprint density at radius 1 is 1.05 bits per heavy atom. The molecule has 0 aliphatic carbocycles. The molecule has 3 aromatic rings. The lowest BCUT2D eigenvalue weighted by molar-refractivity contribution is -0.255. The van der Waals surface area contributed by atoms with Gasteiger partial charge in [0.2, 0.25) is 0 Å². The zero-order valence-electron chi connectivity index (χ0n) is 10.9. The molecule has 0 saturated carbocycles. The lowest BCUT2D eigenvalue weighted by Crippen LogP contribution is -2.21. The number of hydrogen-bond acceptors (Lipinski definition) is 5. The largest absolute Gasteiger partial charge is 0.545 e. The van der Waals surface area contributed by atoms with Gasteiger partial charge in [0.15, 0.2) is 0 Å². The van der Waals surface area contributed by atoms with Gasteiger partial charge >= 0.3 is 0 Å². The van der Waals surface area contributed by atoms with Gasteiger partial charge in [-0.3, -0.25) is 4.99 Å². The van der Waals surface area contributed by atoms with E-state index in [0.29, 0.717) is 5.69 Å². The average molecular weight is 312 g/mol. The first kappa shape index (κ1) is 13.7. The van der Waals surface area contributed by atoms with Crippen LogP contribution >= 0.6 is 22.7 Å². The fourth-order valence-corrected chi connectivity index (χ4v) is 3.51. The maximum atomic E-state index is 10.7. The number of aromatic carboxylic acids is 1. The van der Waals surface area contributed by atoms with Gasteiger partial charge in [0.05, 0.1) is 11.7 Å². The number of thiophene rings is 2. The van der Waals surface area contributed by atoms with Crippen molar-refractivity contribution in [3.05, 3.63) is 64.4 Å². The first-order valence-corrected chi connectivity index (χ1v) is 7.91. The van der Waals surface area contributed by atoms with Crippen molar-refractivity contribution in [2.75, 3.05) is 0 Å². The summed E-state index contributed by atoms with van der Waals surface area (Å²) in [6.45, 7) is 0. The molecule has 3 nitrogen and oxygen atoms in total. The number of carbonyl (C=O) groups is 1. The maximum absolute atomic E-state index is 10.7. The summed E-state index contributed by atoms with van der Waals surface area (Å²) in [4.78, 5) is 18.5. The smallest absolute Gasteiger partial charge is 0.0715 e. The second kappa shape index (κ2) is 6.03. The molecule has 2 aromatic heterocycles. The van der Waals surface area contributed by atoms with Crippen LogP contribution in [-0.2, 0) is 0 Å². The van der Waals surface area contributed by atoms with Crippen LogP contribution in [0.25, 0.3) is 9.75 Å². The van der Waals surface area contributed by atoms with E-state index in [-0.39, 0.29) is 5.56 Å². The topological polar surface area (TPSA) is 52.5 Å². The molecule has 21 heavy (non-hydrogen) atoms. The highest BCUT2D eigenvalue weighted by molar-refractivity contribution is 7.22. The summed E-state index contributed by atoms with van der Waals surface area (Å²) < 4.78 is 0. The Bertz CT molecular complexity index is 771. The van der Waals surface area contributed by atoms with E-state index >= 15 is 0 Å². The monoisotopic (exact) mass is 312 g/mol. The highest BCUT2D eigenvalue weighted by Crippen LogP contribution is 2.31. The van der Waals surface area contributed by atoms with Crippen molar-refractivity contribution in [3.63, 3.8) is 0 Å². The molecule has 104 valence electrons. The van der Waals surface area contributed by atoms with E-state index in [0.717, 1.165) is 4.88 Å². The molecule has 0 fully saturated rings. The van der Waals surface area contributed by atoms with Gasteiger partial charge in [-0.25, -0.2) is 0 Å². The molecule has 2 heterocycles. The Labute approximate surface area is 129 Å². The Kier molecular flexibility index (Phi) is 3.94. The van der Waals surface area contributed by atoms with Gasteiger partial charge in [-0.05, 0) is 41.3 Å². The van der Waals surface area contributed by atoms with Crippen LogP contribution in [0, 0.1) is 0 Å². The number of nitrogens with zero attached hydrogens (tertiary/aromatic N) is 1. The third-order valence-corrected chi connectivity index (χ3v) is 4.92. The minimum absolute atomic E-state index is 0.157. The molecule has 0 saturated heterocycles.